The van der Waals surface area contributed by atoms with Gasteiger partial charge < -0.3 is 63.8 Å². The van der Waals surface area contributed by atoms with E-state index in [1.54, 1.807) is 79.8 Å². The number of hydrogen-bond donors (Lipinski definition) is 5. The fourth-order valence-electron chi connectivity index (χ4n) is 9.54. The normalized spacial score (nSPS) is 44.8. The summed E-state index contributed by atoms with van der Waals surface area (Å²) in [4.78, 5) is 31.3. The lowest BCUT2D eigenvalue weighted by Crippen LogP contribution is -2.61. The molecule has 0 spiro atoms. The molecule has 15 heteroatoms. The van der Waals surface area contributed by atoms with Crippen LogP contribution in [0.25, 0.3) is 0 Å². The number of aliphatic hydroxyl groups is 5. The van der Waals surface area contributed by atoms with Crippen LogP contribution in [0, 0.1) is 17.8 Å². The molecule has 338 valence electrons. The third-order valence-electron chi connectivity index (χ3n) is 13.4. The average molecular weight is 839 g/mol. The van der Waals surface area contributed by atoms with E-state index in [0.29, 0.717) is 18.5 Å². The number of nitrogens with zero attached hydrogens (tertiary/aromatic N) is 2. The minimum Gasteiger partial charge on any atom is -0.459 e. The molecular weight excluding hydrogens is 764 g/mol. The molecule has 4 rings (SSSR count). The van der Waals surface area contributed by atoms with Gasteiger partial charge in [0.05, 0.1) is 47.6 Å². The number of ether oxygens (including phenoxy) is 6. The summed E-state index contributed by atoms with van der Waals surface area (Å²) < 4.78 is 37.8. The molecule has 3 aliphatic rings. The monoisotopic (exact) mass is 839 g/mol. The average Bonchev–Trinajstić information content (AvgIpc) is 3.18. The van der Waals surface area contributed by atoms with Gasteiger partial charge in [0, 0.05) is 44.6 Å². The van der Waals surface area contributed by atoms with Gasteiger partial charge in [0.15, 0.2) is 12.6 Å². The number of esters is 1. The zero-order chi connectivity index (χ0) is 44.4. The number of methoxy groups -OCH3 is 1. The number of aliphatic hydroxyl groups excluding tert-OH is 3. The number of amides is 1. The van der Waals surface area contributed by atoms with E-state index in [1.807, 2.05) is 31.9 Å². The largest absolute Gasteiger partial charge is 0.459 e. The molecule has 0 aromatic heterocycles. The van der Waals surface area contributed by atoms with Crippen molar-refractivity contribution in [3.8, 4) is 0 Å². The Morgan fingerprint density at radius 3 is 2.17 bits per heavy atom. The molecule has 1 aromatic carbocycles. The molecule has 3 saturated heterocycles. The molecule has 0 radical (unpaired) electrons. The van der Waals surface area contributed by atoms with Gasteiger partial charge in [-0.05, 0) is 92.8 Å². The Labute approximate surface area is 351 Å². The molecule has 59 heavy (non-hydrogen) atoms. The van der Waals surface area contributed by atoms with Gasteiger partial charge in [-0.1, -0.05) is 39.0 Å². The lowest BCUT2D eigenvalue weighted by atomic mass is 9.77. The summed E-state index contributed by atoms with van der Waals surface area (Å²) in [7, 11) is 4.94. The molecule has 3 aliphatic heterocycles. The second kappa shape index (κ2) is 19.8. The van der Waals surface area contributed by atoms with Gasteiger partial charge in [-0.2, -0.15) is 0 Å². The number of carbonyl (C=O) groups is 2. The van der Waals surface area contributed by atoms with E-state index in [1.165, 1.54) is 18.9 Å². The number of carbonyl (C=O) groups excluding carboxylic acids is 2. The van der Waals surface area contributed by atoms with Crippen LogP contribution in [0.4, 0.5) is 0 Å². The first-order valence-corrected chi connectivity index (χ1v) is 21.3. The van der Waals surface area contributed by atoms with E-state index < -0.39 is 108 Å². The fraction of sp³-hybridized carbons (Fsp3) is 0.818. The maximum atomic E-state index is 14.3. The first kappa shape index (κ1) is 49.4. The van der Waals surface area contributed by atoms with Gasteiger partial charge in [0.25, 0.3) is 5.91 Å². The highest BCUT2D eigenvalue weighted by atomic mass is 16.7. The molecule has 1 amide bonds. The molecule has 0 bridgehead atoms. The van der Waals surface area contributed by atoms with Crippen LogP contribution < -0.4 is 0 Å². The van der Waals surface area contributed by atoms with E-state index in [-0.39, 0.29) is 31.1 Å². The molecule has 0 aliphatic carbocycles. The first-order valence-electron chi connectivity index (χ1n) is 21.3. The van der Waals surface area contributed by atoms with E-state index >= 15 is 0 Å². The van der Waals surface area contributed by atoms with E-state index in [0.717, 1.165) is 0 Å². The van der Waals surface area contributed by atoms with Gasteiger partial charge in [-0.3, -0.25) is 9.59 Å². The van der Waals surface area contributed by atoms with Crippen molar-refractivity contribution in [2.24, 2.45) is 17.8 Å². The van der Waals surface area contributed by atoms with Gasteiger partial charge in [0.2, 0.25) is 0 Å². The Morgan fingerprint density at radius 1 is 0.949 bits per heavy atom. The molecule has 18 atom stereocenters. The van der Waals surface area contributed by atoms with E-state index in [4.69, 9.17) is 28.4 Å². The van der Waals surface area contributed by atoms with Crippen LogP contribution in [0.15, 0.2) is 30.3 Å². The van der Waals surface area contributed by atoms with Crippen LogP contribution in [0.1, 0.15) is 105 Å². The summed E-state index contributed by atoms with van der Waals surface area (Å²) >= 11 is 0. The van der Waals surface area contributed by atoms with Gasteiger partial charge in [0.1, 0.15) is 30.0 Å². The number of cyclic esters (lactones) is 1. The van der Waals surface area contributed by atoms with Crippen molar-refractivity contribution in [3.05, 3.63) is 35.9 Å². The third kappa shape index (κ3) is 11.0. The Hall–Kier alpha value is -2.28. The van der Waals surface area contributed by atoms with Crippen molar-refractivity contribution in [3.63, 3.8) is 0 Å². The summed E-state index contributed by atoms with van der Waals surface area (Å²) in [6.45, 7) is 17.7. The summed E-state index contributed by atoms with van der Waals surface area (Å²) in [5.74, 6) is -3.14. The number of hydrogen-bond acceptors (Lipinski definition) is 14. The van der Waals surface area contributed by atoms with Crippen molar-refractivity contribution >= 4 is 11.9 Å². The number of rotatable bonds is 8. The van der Waals surface area contributed by atoms with E-state index in [9.17, 15) is 35.1 Å². The quantitative estimate of drug-likeness (QED) is 0.240. The maximum absolute atomic E-state index is 14.3. The van der Waals surface area contributed by atoms with Crippen LogP contribution in [0.2, 0.25) is 0 Å². The molecule has 5 N–H and O–H groups in total. The van der Waals surface area contributed by atoms with Gasteiger partial charge in [-0.15, -0.1) is 0 Å². The molecule has 0 saturated carbocycles. The highest BCUT2D eigenvalue weighted by Crippen LogP contribution is 2.40. The van der Waals surface area contributed by atoms with Crippen LogP contribution in [0.5, 0.6) is 0 Å². The lowest BCUT2D eigenvalue weighted by molar-refractivity contribution is -0.317. The van der Waals surface area contributed by atoms with Crippen LogP contribution in [0.3, 0.4) is 0 Å². The highest BCUT2D eigenvalue weighted by molar-refractivity contribution is 5.94. The highest BCUT2D eigenvalue weighted by Gasteiger charge is 2.53. The van der Waals surface area contributed by atoms with Crippen molar-refractivity contribution in [2.45, 2.75) is 185 Å². The zero-order valence-electron chi connectivity index (χ0n) is 37.5. The minimum atomic E-state index is -1.84. The summed E-state index contributed by atoms with van der Waals surface area (Å²) in [6, 6.07) is 7.49. The Balaban J connectivity index is 1.81. The van der Waals surface area contributed by atoms with Crippen molar-refractivity contribution < 1.29 is 63.5 Å². The lowest BCUT2D eigenvalue weighted by Gasteiger charge is -2.49. The second-order valence-corrected chi connectivity index (χ2v) is 18.5. The summed E-state index contributed by atoms with van der Waals surface area (Å²) in [5, 5.41) is 59.0. The first-order chi connectivity index (χ1) is 27.4. The van der Waals surface area contributed by atoms with Crippen LogP contribution >= 0.6 is 0 Å². The molecule has 1 aromatic rings. The second-order valence-electron chi connectivity index (χ2n) is 18.5. The standard InChI is InChI=1S/C44H74N2O13/c1-14-32-44(10,53)36(48)28(6)45(11)23-24(2)21-42(8,52)38(59-41-34(47)31(20-25(3)55-41)46(12)39(50)30-18-16-15-17-19-30)26(4)35(27(5)40(51)57-32)58-33-22-43(9,54-13)37(49)29(7)56-33/h15-19,24-29,31-38,41,47-49,52-53H,14,20-23H2,1-13H3/t24-,25-,26+,27-,28-,29+,31+,32-,33?,34-,35+,36-,37+,38-,41+,42-,43-,44-/m1/s1. The van der Waals surface area contributed by atoms with Gasteiger partial charge in [-0.25, -0.2) is 0 Å². The smallest absolute Gasteiger partial charge is 0.311 e. The predicted octanol–water partition coefficient (Wildman–Crippen LogP) is 3.11. The molecule has 15 nitrogen and oxygen atoms in total. The number of likely N-dealkylation sites (N-methyl/N-ethyl adjacent to an activating group) is 2. The Bertz CT molecular complexity index is 1520. The molecule has 3 heterocycles. The summed E-state index contributed by atoms with van der Waals surface area (Å²) in [5.41, 5.74) is -4.10. The SMILES string of the molecule is CC[C@H]1OC(=O)[C@H](C)[C@@H](OC2C[C@@](C)(OC)[C@@H](O)[C@H](C)O2)[C@H](C)[C@@H](O[C@@H]2O[C@H](C)C[C@H](N(C)C(=O)c3ccccc3)[C@H]2O)[C@](C)(O)C[C@@H](C)CN(C)[C@H](C)[C@@H](O)[C@]1(C)O. The predicted molar refractivity (Wildman–Crippen MR) is 219 cm³/mol. The Morgan fingerprint density at radius 2 is 1.58 bits per heavy atom. The van der Waals surface area contributed by atoms with Crippen LogP contribution in [-0.4, -0.2) is 165 Å². The van der Waals surface area contributed by atoms with Crippen molar-refractivity contribution in [1.29, 1.82) is 0 Å². The fourth-order valence-corrected chi connectivity index (χ4v) is 9.54. The minimum absolute atomic E-state index is 0.0904. The molecule has 3 fully saturated rings. The molecular formula is C44H74N2O13. The molecule has 1 unspecified atom stereocenters. The van der Waals surface area contributed by atoms with Gasteiger partial charge >= 0.3 is 5.97 Å². The summed E-state index contributed by atoms with van der Waals surface area (Å²) in [6.07, 6.45) is -9.73. The van der Waals surface area contributed by atoms with Crippen molar-refractivity contribution in [2.75, 3.05) is 27.7 Å². The maximum Gasteiger partial charge on any atom is 0.311 e. The Kier molecular flexibility index (Phi) is 16.6. The number of benzene rings is 1. The topological polar surface area (TPSA) is 197 Å². The van der Waals surface area contributed by atoms with Crippen molar-refractivity contribution in [1.82, 2.24) is 9.80 Å². The van der Waals surface area contributed by atoms with Crippen LogP contribution in [-0.2, 0) is 33.2 Å². The van der Waals surface area contributed by atoms with E-state index in [2.05, 4.69) is 0 Å². The third-order valence-corrected chi connectivity index (χ3v) is 13.4. The zero-order valence-corrected chi connectivity index (χ0v) is 37.5.